The summed E-state index contributed by atoms with van der Waals surface area (Å²) >= 11 is 0. The van der Waals surface area contributed by atoms with E-state index in [9.17, 15) is 0 Å². The molecule has 1 N–H and O–H groups in total. The molecule has 0 aliphatic carbocycles. The Morgan fingerprint density at radius 1 is 1.00 bits per heavy atom. The Hall–Kier alpha value is -2.54. The summed E-state index contributed by atoms with van der Waals surface area (Å²) in [6.07, 6.45) is 6.89. The lowest BCUT2D eigenvalue weighted by Gasteiger charge is -2.26. The third kappa shape index (κ3) is 4.84. The number of hydrogen-bond donors (Lipinski definition) is 1. The Morgan fingerprint density at radius 2 is 1.79 bits per heavy atom. The van der Waals surface area contributed by atoms with Crippen molar-refractivity contribution in [3.05, 3.63) is 66.6 Å². The number of aromatic nitrogens is 3. The highest BCUT2D eigenvalue weighted by molar-refractivity contribution is 5.62. The highest BCUT2D eigenvalue weighted by Crippen LogP contribution is 2.23. The topological polar surface area (TPSA) is 55.2 Å². The Bertz CT molecular complexity index is 844. The number of hydrogen-bond acceptors (Lipinski definition) is 5. The number of pyridine rings is 1. The van der Waals surface area contributed by atoms with Crippen LogP contribution in [0.3, 0.4) is 0 Å². The van der Waals surface area contributed by atoms with E-state index in [0.717, 1.165) is 69.3 Å². The van der Waals surface area contributed by atoms with Gasteiger partial charge >= 0.3 is 0 Å². The molecule has 28 heavy (non-hydrogen) atoms. The van der Waals surface area contributed by atoms with E-state index in [0.29, 0.717) is 0 Å². The molecular weight excluding hydrogens is 350 g/mol. The molecule has 1 aliphatic heterocycles. The number of ether oxygens (including phenoxy) is 1. The molecule has 0 amide bonds. The van der Waals surface area contributed by atoms with E-state index in [1.54, 1.807) is 0 Å². The fourth-order valence-electron chi connectivity index (χ4n) is 3.48. The first-order valence-electron chi connectivity index (χ1n) is 9.95. The maximum atomic E-state index is 5.41. The summed E-state index contributed by atoms with van der Waals surface area (Å²) in [5.74, 6) is 0. The van der Waals surface area contributed by atoms with Gasteiger partial charge in [0.2, 0.25) is 0 Å². The minimum absolute atomic E-state index is 0.799. The van der Waals surface area contributed by atoms with Crippen LogP contribution in [0.25, 0.3) is 16.9 Å². The first-order valence-corrected chi connectivity index (χ1v) is 9.95. The predicted octanol–water partition coefficient (Wildman–Crippen LogP) is 2.75. The standard InChI is InChI=1S/C22H27N5O/c1-2-5-21(6-3-1)27-18-20(22(25-27)19-7-10-23-11-8-19)17-24-9-4-12-26-13-15-28-16-14-26/h1-3,5-8,10-11,18,24H,4,9,12-17H2. The summed E-state index contributed by atoms with van der Waals surface area (Å²) in [6.45, 7) is 6.74. The van der Waals surface area contributed by atoms with Crippen LogP contribution in [0.2, 0.25) is 0 Å². The molecule has 0 unspecified atom stereocenters. The van der Waals surface area contributed by atoms with Crippen LogP contribution in [0.5, 0.6) is 0 Å². The van der Waals surface area contributed by atoms with Gasteiger partial charge in [0.15, 0.2) is 0 Å². The number of para-hydroxylation sites is 1. The Labute approximate surface area is 166 Å². The minimum atomic E-state index is 0.799. The van der Waals surface area contributed by atoms with E-state index in [-0.39, 0.29) is 0 Å². The van der Waals surface area contributed by atoms with Crippen LogP contribution in [-0.4, -0.2) is 59.1 Å². The van der Waals surface area contributed by atoms with Crippen molar-refractivity contribution in [2.45, 2.75) is 13.0 Å². The van der Waals surface area contributed by atoms with E-state index >= 15 is 0 Å². The predicted molar refractivity (Wildman–Crippen MR) is 110 cm³/mol. The average molecular weight is 377 g/mol. The molecule has 1 fully saturated rings. The van der Waals surface area contributed by atoms with Gasteiger partial charge in [-0.15, -0.1) is 0 Å². The van der Waals surface area contributed by atoms with Crippen molar-refractivity contribution in [2.75, 3.05) is 39.4 Å². The molecule has 3 aromatic rings. The van der Waals surface area contributed by atoms with Gasteiger partial charge in [-0.2, -0.15) is 5.10 Å². The zero-order valence-corrected chi connectivity index (χ0v) is 16.1. The summed E-state index contributed by atoms with van der Waals surface area (Å²) < 4.78 is 7.37. The van der Waals surface area contributed by atoms with E-state index < -0.39 is 0 Å². The average Bonchev–Trinajstić information content (AvgIpc) is 3.20. The van der Waals surface area contributed by atoms with Gasteiger partial charge < -0.3 is 10.1 Å². The van der Waals surface area contributed by atoms with Gasteiger partial charge in [0.05, 0.1) is 24.6 Å². The molecule has 4 rings (SSSR count). The number of nitrogens with one attached hydrogen (secondary N) is 1. The van der Waals surface area contributed by atoms with Crippen molar-refractivity contribution in [1.29, 1.82) is 0 Å². The summed E-state index contributed by atoms with van der Waals surface area (Å²) in [4.78, 5) is 6.61. The molecule has 0 bridgehead atoms. The highest BCUT2D eigenvalue weighted by atomic mass is 16.5. The first-order chi connectivity index (χ1) is 13.9. The summed E-state index contributed by atoms with van der Waals surface area (Å²) in [6, 6.07) is 14.3. The Morgan fingerprint density at radius 3 is 2.57 bits per heavy atom. The zero-order chi connectivity index (χ0) is 19.0. The van der Waals surface area contributed by atoms with Crippen molar-refractivity contribution in [2.24, 2.45) is 0 Å². The Balaban J connectivity index is 1.41. The maximum absolute atomic E-state index is 5.41. The molecule has 0 radical (unpaired) electrons. The fourth-order valence-corrected chi connectivity index (χ4v) is 3.48. The van der Waals surface area contributed by atoms with Crippen molar-refractivity contribution >= 4 is 0 Å². The second-order valence-electron chi connectivity index (χ2n) is 7.00. The van der Waals surface area contributed by atoms with Gasteiger partial charge in [-0.25, -0.2) is 4.68 Å². The van der Waals surface area contributed by atoms with Gasteiger partial charge in [0, 0.05) is 49.4 Å². The quantitative estimate of drug-likeness (QED) is 0.612. The molecule has 1 aliphatic rings. The van der Waals surface area contributed by atoms with Crippen LogP contribution >= 0.6 is 0 Å². The monoisotopic (exact) mass is 377 g/mol. The van der Waals surface area contributed by atoms with Gasteiger partial charge in [-0.05, 0) is 43.8 Å². The molecular formula is C22H27N5O. The fraction of sp³-hybridized carbons (Fsp3) is 0.364. The molecule has 1 aromatic carbocycles. The number of rotatable bonds is 8. The van der Waals surface area contributed by atoms with E-state index in [2.05, 4.69) is 33.5 Å². The van der Waals surface area contributed by atoms with Gasteiger partial charge in [0.25, 0.3) is 0 Å². The number of morpholine rings is 1. The maximum Gasteiger partial charge on any atom is 0.0973 e. The van der Waals surface area contributed by atoms with Crippen LogP contribution in [0.15, 0.2) is 61.1 Å². The first kappa shape index (κ1) is 18.8. The molecule has 3 heterocycles. The van der Waals surface area contributed by atoms with Crippen LogP contribution in [-0.2, 0) is 11.3 Å². The van der Waals surface area contributed by atoms with Crippen molar-refractivity contribution < 1.29 is 4.74 Å². The number of nitrogens with zero attached hydrogens (tertiary/aromatic N) is 4. The van der Waals surface area contributed by atoms with Gasteiger partial charge in [-0.3, -0.25) is 9.88 Å². The molecule has 0 saturated carbocycles. The largest absolute Gasteiger partial charge is 0.379 e. The molecule has 0 spiro atoms. The highest BCUT2D eigenvalue weighted by Gasteiger charge is 2.13. The lowest BCUT2D eigenvalue weighted by Crippen LogP contribution is -2.37. The molecule has 1 saturated heterocycles. The molecule has 6 heteroatoms. The van der Waals surface area contributed by atoms with Crippen LogP contribution in [0.4, 0.5) is 0 Å². The minimum Gasteiger partial charge on any atom is -0.379 e. The lowest BCUT2D eigenvalue weighted by molar-refractivity contribution is 0.0374. The summed E-state index contributed by atoms with van der Waals surface area (Å²) in [5, 5.41) is 8.44. The molecule has 6 nitrogen and oxygen atoms in total. The second kappa shape index (κ2) is 9.59. The molecule has 2 aromatic heterocycles. The lowest BCUT2D eigenvalue weighted by atomic mass is 10.1. The number of benzene rings is 1. The van der Waals surface area contributed by atoms with Gasteiger partial charge in [0.1, 0.15) is 0 Å². The molecule has 0 atom stereocenters. The normalized spacial score (nSPS) is 15.0. The van der Waals surface area contributed by atoms with Crippen LogP contribution in [0.1, 0.15) is 12.0 Å². The van der Waals surface area contributed by atoms with Crippen LogP contribution in [0, 0.1) is 0 Å². The zero-order valence-electron chi connectivity index (χ0n) is 16.1. The van der Waals surface area contributed by atoms with E-state index in [4.69, 9.17) is 9.84 Å². The van der Waals surface area contributed by atoms with Gasteiger partial charge in [-0.1, -0.05) is 18.2 Å². The summed E-state index contributed by atoms with van der Waals surface area (Å²) in [5.41, 5.74) is 4.36. The Kier molecular flexibility index (Phi) is 6.44. The van der Waals surface area contributed by atoms with Crippen LogP contribution < -0.4 is 5.32 Å². The van der Waals surface area contributed by atoms with Crippen molar-refractivity contribution in [3.8, 4) is 16.9 Å². The third-order valence-corrected chi connectivity index (χ3v) is 5.01. The molecule has 146 valence electrons. The third-order valence-electron chi connectivity index (χ3n) is 5.01. The van der Waals surface area contributed by atoms with E-state index in [1.165, 1.54) is 5.56 Å². The summed E-state index contributed by atoms with van der Waals surface area (Å²) in [7, 11) is 0. The SMILES string of the molecule is c1ccc(-n2cc(CNCCCN3CCOCC3)c(-c3ccncc3)n2)cc1. The van der Waals surface area contributed by atoms with E-state index in [1.807, 2.05) is 47.4 Å². The van der Waals surface area contributed by atoms with Crippen molar-refractivity contribution in [1.82, 2.24) is 25.0 Å². The van der Waals surface area contributed by atoms with Crippen molar-refractivity contribution in [3.63, 3.8) is 0 Å². The second-order valence-corrected chi connectivity index (χ2v) is 7.00. The smallest absolute Gasteiger partial charge is 0.0973 e.